The van der Waals surface area contributed by atoms with Gasteiger partial charge in [0.15, 0.2) is 6.29 Å². The van der Waals surface area contributed by atoms with E-state index in [1.54, 1.807) is 0 Å². The number of aliphatic hydroxyl groups excluding tert-OH is 2. The number of benzene rings is 1. The van der Waals surface area contributed by atoms with Crippen molar-refractivity contribution in [2.24, 2.45) is 0 Å². The van der Waals surface area contributed by atoms with E-state index in [0.717, 1.165) is 5.56 Å². The Hall–Kier alpha value is -0.980. The zero-order chi connectivity index (χ0) is 13.2. The van der Waals surface area contributed by atoms with E-state index in [9.17, 15) is 15.3 Å². The van der Waals surface area contributed by atoms with Crippen molar-refractivity contribution in [2.45, 2.75) is 37.6 Å². The van der Waals surface area contributed by atoms with E-state index in [1.165, 1.54) is 6.92 Å². The van der Waals surface area contributed by atoms with Crippen LogP contribution in [0.4, 0.5) is 0 Å². The summed E-state index contributed by atoms with van der Waals surface area (Å²) in [6, 6.07) is 9.46. The Kier molecular flexibility index (Phi) is 3.99. The first-order valence-electron chi connectivity index (χ1n) is 5.87. The second-order valence-corrected chi connectivity index (χ2v) is 4.70. The molecular weight excluding hydrogens is 236 g/mol. The van der Waals surface area contributed by atoms with E-state index in [0.29, 0.717) is 0 Å². The lowest BCUT2D eigenvalue weighted by atomic mass is 9.92. The number of hydrogen-bond acceptors (Lipinski definition) is 5. The second-order valence-electron chi connectivity index (χ2n) is 4.70. The Morgan fingerprint density at radius 2 is 2.00 bits per heavy atom. The third-order valence-electron chi connectivity index (χ3n) is 3.10. The minimum atomic E-state index is -1.63. The summed E-state index contributed by atoms with van der Waals surface area (Å²) in [5, 5.41) is 29.2. The van der Waals surface area contributed by atoms with Gasteiger partial charge >= 0.3 is 0 Å². The van der Waals surface area contributed by atoms with Gasteiger partial charge in [0.1, 0.15) is 17.8 Å². The number of hydrogen-bond donors (Lipinski definition) is 3. The molecule has 3 N–H and O–H groups in total. The minimum Gasteiger partial charge on any atom is -0.388 e. The largest absolute Gasteiger partial charge is 0.388 e. The van der Waals surface area contributed by atoms with Crippen LogP contribution >= 0.6 is 0 Å². The van der Waals surface area contributed by atoms with Crippen LogP contribution in [0.1, 0.15) is 12.5 Å². The average molecular weight is 254 g/mol. The molecule has 1 aromatic carbocycles. The van der Waals surface area contributed by atoms with Crippen LogP contribution in [0.5, 0.6) is 0 Å². The normalized spacial score (nSPS) is 36.6. The van der Waals surface area contributed by atoms with E-state index in [4.69, 9.17) is 9.47 Å². The molecule has 2 rings (SSSR count). The highest BCUT2D eigenvalue weighted by Gasteiger charge is 2.48. The van der Waals surface area contributed by atoms with E-state index < -0.39 is 24.1 Å². The third kappa shape index (κ3) is 2.71. The second kappa shape index (κ2) is 5.34. The van der Waals surface area contributed by atoms with Gasteiger partial charge in [-0.15, -0.1) is 0 Å². The first-order chi connectivity index (χ1) is 8.51. The Balaban J connectivity index is 1.97. The topological polar surface area (TPSA) is 79.2 Å². The van der Waals surface area contributed by atoms with E-state index in [-0.39, 0.29) is 13.2 Å². The van der Waals surface area contributed by atoms with Gasteiger partial charge in [-0.1, -0.05) is 30.3 Å². The van der Waals surface area contributed by atoms with Crippen LogP contribution in [-0.4, -0.2) is 46.0 Å². The standard InChI is InChI=1S/C13H18O5/c1-13(16)11(15)10(14)8-18-12(13)17-7-9-5-3-2-4-6-9/h2-6,10-12,14-16H,7-8H2,1H3/t10-,11-,12-,13-/m1/s1. The summed E-state index contributed by atoms with van der Waals surface area (Å²) in [6.45, 7) is 1.59. The van der Waals surface area contributed by atoms with Crippen molar-refractivity contribution in [3.8, 4) is 0 Å². The fourth-order valence-corrected chi connectivity index (χ4v) is 1.94. The highest BCUT2D eigenvalue weighted by atomic mass is 16.7. The summed E-state index contributed by atoms with van der Waals surface area (Å²) in [6.07, 6.45) is -3.35. The van der Waals surface area contributed by atoms with Gasteiger partial charge in [-0.25, -0.2) is 0 Å². The van der Waals surface area contributed by atoms with Gasteiger partial charge in [-0.3, -0.25) is 0 Å². The molecule has 100 valence electrons. The predicted octanol–water partition coefficient (Wildman–Crippen LogP) is 0.0323. The van der Waals surface area contributed by atoms with Crippen LogP contribution in [0.15, 0.2) is 30.3 Å². The molecule has 1 fully saturated rings. The van der Waals surface area contributed by atoms with Crippen molar-refractivity contribution >= 4 is 0 Å². The van der Waals surface area contributed by atoms with Crippen LogP contribution in [0.3, 0.4) is 0 Å². The lowest BCUT2D eigenvalue weighted by Crippen LogP contribution is -2.61. The molecule has 0 aliphatic carbocycles. The lowest BCUT2D eigenvalue weighted by molar-refractivity contribution is -0.313. The molecule has 1 aliphatic rings. The summed E-state index contributed by atoms with van der Waals surface area (Å²) in [4.78, 5) is 0. The Morgan fingerprint density at radius 3 is 2.67 bits per heavy atom. The first-order valence-corrected chi connectivity index (χ1v) is 5.87. The van der Waals surface area contributed by atoms with Gasteiger partial charge in [-0.05, 0) is 12.5 Å². The third-order valence-corrected chi connectivity index (χ3v) is 3.10. The van der Waals surface area contributed by atoms with Crippen LogP contribution < -0.4 is 0 Å². The maximum atomic E-state index is 10.1. The molecule has 4 atom stereocenters. The number of ether oxygens (including phenoxy) is 2. The van der Waals surface area contributed by atoms with Crippen molar-refractivity contribution in [1.82, 2.24) is 0 Å². The highest BCUT2D eigenvalue weighted by molar-refractivity contribution is 5.13. The SMILES string of the molecule is C[C@]1(O)[C@H](OCc2ccccc2)OC[C@@H](O)[C@H]1O. The fourth-order valence-electron chi connectivity index (χ4n) is 1.94. The molecule has 0 spiro atoms. The first kappa shape index (κ1) is 13.5. The lowest BCUT2D eigenvalue weighted by Gasteiger charge is -2.42. The highest BCUT2D eigenvalue weighted by Crippen LogP contribution is 2.27. The van der Waals surface area contributed by atoms with Gasteiger partial charge in [0.05, 0.1) is 13.2 Å². The molecule has 5 heteroatoms. The maximum absolute atomic E-state index is 10.1. The molecule has 5 nitrogen and oxygen atoms in total. The maximum Gasteiger partial charge on any atom is 0.189 e. The average Bonchev–Trinajstić information content (AvgIpc) is 2.37. The van der Waals surface area contributed by atoms with Gasteiger partial charge < -0.3 is 24.8 Å². The molecule has 1 saturated heterocycles. The minimum absolute atomic E-state index is 0.0588. The monoisotopic (exact) mass is 254 g/mol. The number of rotatable bonds is 3. The van der Waals surface area contributed by atoms with E-state index >= 15 is 0 Å². The van der Waals surface area contributed by atoms with Crippen LogP contribution in [0.2, 0.25) is 0 Å². The van der Waals surface area contributed by atoms with Crippen LogP contribution in [0, 0.1) is 0 Å². The Morgan fingerprint density at radius 1 is 1.33 bits per heavy atom. The molecule has 0 saturated carbocycles. The smallest absolute Gasteiger partial charge is 0.189 e. The van der Waals surface area contributed by atoms with Crippen LogP contribution in [-0.2, 0) is 16.1 Å². The van der Waals surface area contributed by atoms with Crippen molar-refractivity contribution in [3.63, 3.8) is 0 Å². The Labute approximate surface area is 106 Å². The molecule has 1 heterocycles. The van der Waals surface area contributed by atoms with Crippen molar-refractivity contribution < 1.29 is 24.8 Å². The quantitative estimate of drug-likeness (QED) is 0.709. The summed E-state index contributed by atoms with van der Waals surface area (Å²) in [7, 11) is 0. The molecule has 0 unspecified atom stereocenters. The van der Waals surface area contributed by atoms with Crippen molar-refractivity contribution in [2.75, 3.05) is 6.61 Å². The summed E-state index contributed by atoms with van der Waals surface area (Å²) in [5.74, 6) is 0. The molecule has 0 radical (unpaired) electrons. The summed E-state index contributed by atoms with van der Waals surface area (Å²) in [5.41, 5.74) is -0.690. The van der Waals surface area contributed by atoms with E-state index in [1.807, 2.05) is 30.3 Å². The Bertz CT molecular complexity index is 378. The van der Waals surface area contributed by atoms with Gasteiger partial charge in [0, 0.05) is 0 Å². The van der Waals surface area contributed by atoms with Crippen LogP contribution in [0.25, 0.3) is 0 Å². The predicted molar refractivity (Wildman–Crippen MR) is 63.6 cm³/mol. The van der Waals surface area contributed by atoms with Gasteiger partial charge in [-0.2, -0.15) is 0 Å². The van der Waals surface area contributed by atoms with Gasteiger partial charge in [0.25, 0.3) is 0 Å². The van der Waals surface area contributed by atoms with Crippen molar-refractivity contribution in [3.05, 3.63) is 35.9 Å². The van der Waals surface area contributed by atoms with Gasteiger partial charge in [0.2, 0.25) is 0 Å². The summed E-state index contributed by atoms with van der Waals surface area (Å²) < 4.78 is 10.7. The molecule has 18 heavy (non-hydrogen) atoms. The molecule has 0 bridgehead atoms. The zero-order valence-corrected chi connectivity index (χ0v) is 10.2. The van der Waals surface area contributed by atoms with E-state index in [2.05, 4.69) is 0 Å². The fraction of sp³-hybridized carbons (Fsp3) is 0.538. The molecule has 1 aliphatic heterocycles. The number of aliphatic hydroxyl groups is 3. The molecular formula is C13H18O5. The van der Waals surface area contributed by atoms with Crippen molar-refractivity contribution in [1.29, 1.82) is 0 Å². The summed E-state index contributed by atoms with van der Waals surface area (Å²) >= 11 is 0. The molecule has 1 aromatic rings. The molecule has 0 aromatic heterocycles. The molecule has 0 amide bonds. The zero-order valence-electron chi connectivity index (χ0n) is 10.2.